The van der Waals surface area contributed by atoms with Gasteiger partial charge in [-0.3, -0.25) is 4.68 Å². The molecule has 54 heavy (non-hydrogen) atoms. The maximum absolute atomic E-state index is 6.66. The Morgan fingerprint density at radius 1 is 0.722 bits per heavy atom. The molecule has 3 aromatic heterocycles. The Morgan fingerprint density at radius 3 is 2.22 bits per heavy atom. The summed E-state index contributed by atoms with van der Waals surface area (Å²) < 4.78 is 10.9. The molecule has 9 rings (SSSR count). The van der Waals surface area contributed by atoms with Crippen LogP contribution in [0.5, 0.6) is 11.5 Å². The molecule has 6 heteroatoms. The minimum Gasteiger partial charge on any atom is -0.509 e. The number of fused-ring (bicyclic) bond motifs is 3. The van der Waals surface area contributed by atoms with Crippen LogP contribution in [0.3, 0.4) is 0 Å². The summed E-state index contributed by atoms with van der Waals surface area (Å²) in [6.45, 7) is 8.85. The molecule has 0 saturated carbocycles. The van der Waals surface area contributed by atoms with Crippen LogP contribution in [0.1, 0.15) is 49.3 Å². The monoisotopic (exact) mass is 883 g/mol. The van der Waals surface area contributed by atoms with E-state index in [4.69, 9.17) is 14.8 Å². The van der Waals surface area contributed by atoms with Crippen molar-refractivity contribution in [3.63, 3.8) is 0 Å². The van der Waals surface area contributed by atoms with Crippen molar-refractivity contribution in [1.82, 2.24) is 19.3 Å². The molecule has 1 unspecified atom stereocenters. The van der Waals surface area contributed by atoms with Gasteiger partial charge in [0, 0.05) is 45.8 Å². The molecule has 5 nitrogen and oxygen atoms in total. The van der Waals surface area contributed by atoms with E-state index in [0.717, 1.165) is 79.8 Å². The van der Waals surface area contributed by atoms with Crippen LogP contribution in [0.25, 0.3) is 55.8 Å². The van der Waals surface area contributed by atoms with Gasteiger partial charge in [-0.2, -0.15) is 16.7 Å². The number of hydrogen-bond acceptors (Lipinski definition) is 3. The van der Waals surface area contributed by atoms with Crippen LogP contribution in [0.15, 0.2) is 139 Å². The van der Waals surface area contributed by atoms with Crippen LogP contribution < -0.4 is 4.74 Å². The fraction of sp³-hybridized carbons (Fsp3) is 0.167. The van der Waals surface area contributed by atoms with E-state index in [1.165, 1.54) is 11.1 Å². The van der Waals surface area contributed by atoms with Gasteiger partial charge in [0.1, 0.15) is 5.82 Å². The second-order valence-electron chi connectivity index (χ2n) is 14.4. The summed E-state index contributed by atoms with van der Waals surface area (Å²) in [5, 5.41) is 7.70. The molecule has 3 heterocycles. The van der Waals surface area contributed by atoms with E-state index < -0.39 is 0 Å². The van der Waals surface area contributed by atoms with Gasteiger partial charge in [0.25, 0.3) is 0 Å². The largest absolute Gasteiger partial charge is 2.00 e. The first-order valence-electron chi connectivity index (χ1n) is 18.4. The molecule has 0 radical (unpaired) electrons. The third-order valence-corrected chi connectivity index (χ3v) is 10.6. The Kier molecular flexibility index (Phi) is 9.68. The summed E-state index contributed by atoms with van der Waals surface area (Å²) in [6.07, 6.45) is 6.52. The van der Waals surface area contributed by atoms with Crippen LogP contribution >= 0.6 is 0 Å². The molecule has 268 valence electrons. The van der Waals surface area contributed by atoms with E-state index in [1.807, 2.05) is 24.4 Å². The van der Waals surface area contributed by atoms with Crippen molar-refractivity contribution in [3.05, 3.63) is 168 Å². The zero-order valence-electron chi connectivity index (χ0n) is 30.8. The van der Waals surface area contributed by atoms with Crippen molar-refractivity contribution in [1.29, 1.82) is 0 Å². The Morgan fingerprint density at radius 2 is 1.46 bits per heavy atom. The first-order valence-corrected chi connectivity index (χ1v) is 18.4. The normalized spacial score (nSPS) is 15.6. The van der Waals surface area contributed by atoms with Crippen molar-refractivity contribution < 1.29 is 25.8 Å². The van der Waals surface area contributed by atoms with E-state index in [-0.39, 0.29) is 27.0 Å². The average Bonchev–Trinajstić information content (AvgIpc) is 3.72. The Hall–Kier alpha value is -5.51. The maximum Gasteiger partial charge on any atom is 2.00 e. The molecular formula is C48H40N4OPt. The number of nitrogens with zero attached hydrogens (tertiary/aromatic N) is 4. The number of allylic oxidation sites excluding steroid dienone is 2. The Balaban J connectivity index is 0.00000413. The molecule has 0 aliphatic heterocycles. The average molecular weight is 884 g/mol. The summed E-state index contributed by atoms with van der Waals surface area (Å²) in [7, 11) is 0. The van der Waals surface area contributed by atoms with Crippen molar-refractivity contribution in [2.75, 3.05) is 0 Å². The zero-order chi connectivity index (χ0) is 36.1. The van der Waals surface area contributed by atoms with E-state index in [9.17, 15) is 0 Å². The molecular weight excluding hydrogens is 844 g/mol. The predicted octanol–water partition coefficient (Wildman–Crippen LogP) is 12.2. The molecule has 0 fully saturated rings. The van der Waals surface area contributed by atoms with Crippen LogP contribution in [-0.4, -0.2) is 19.3 Å². The molecule has 0 amide bonds. The van der Waals surface area contributed by atoms with E-state index in [0.29, 0.717) is 17.4 Å². The van der Waals surface area contributed by atoms with E-state index >= 15 is 0 Å². The summed E-state index contributed by atoms with van der Waals surface area (Å²) in [5.41, 5.74) is 12.0. The molecule has 1 aliphatic carbocycles. The van der Waals surface area contributed by atoms with Gasteiger partial charge in [-0.1, -0.05) is 110 Å². The summed E-state index contributed by atoms with van der Waals surface area (Å²) >= 11 is 0. The number of aryl methyl sites for hydroxylation is 2. The smallest absolute Gasteiger partial charge is 0.509 e. The first-order chi connectivity index (χ1) is 25.9. The van der Waals surface area contributed by atoms with Gasteiger partial charge in [0.05, 0.1) is 11.4 Å². The third kappa shape index (κ3) is 6.41. The first kappa shape index (κ1) is 35.5. The van der Waals surface area contributed by atoms with Gasteiger partial charge in [-0.15, -0.1) is 35.7 Å². The van der Waals surface area contributed by atoms with Gasteiger partial charge < -0.3 is 9.30 Å². The molecule has 2 atom stereocenters. The van der Waals surface area contributed by atoms with Gasteiger partial charge >= 0.3 is 21.1 Å². The molecule has 0 N–H and O–H groups in total. The maximum atomic E-state index is 6.66. The number of aromatic nitrogens is 4. The summed E-state index contributed by atoms with van der Waals surface area (Å²) in [5.74, 6) is 2.77. The third-order valence-electron chi connectivity index (χ3n) is 10.6. The second kappa shape index (κ2) is 14.7. The molecule has 1 aliphatic rings. The fourth-order valence-electron chi connectivity index (χ4n) is 8.17. The summed E-state index contributed by atoms with van der Waals surface area (Å²) in [4.78, 5) is 4.74. The molecule has 0 saturated heterocycles. The minimum atomic E-state index is 0. The van der Waals surface area contributed by atoms with Crippen LogP contribution in [-0.2, 0) is 21.1 Å². The van der Waals surface area contributed by atoms with Gasteiger partial charge in [0.15, 0.2) is 0 Å². The molecule has 5 aromatic carbocycles. The molecule has 0 spiro atoms. The summed E-state index contributed by atoms with van der Waals surface area (Å²) in [6, 6.07) is 49.3. The second-order valence-corrected chi connectivity index (χ2v) is 14.4. The van der Waals surface area contributed by atoms with Crippen LogP contribution in [0, 0.1) is 31.9 Å². The quantitative estimate of drug-likeness (QED) is 0.118. The van der Waals surface area contributed by atoms with Crippen molar-refractivity contribution >= 4 is 21.8 Å². The van der Waals surface area contributed by atoms with Gasteiger partial charge in [-0.05, 0) is 67.4 Å². The predicted molar refractivity (Wildman–Crippen MR) is 215 cm³/mol. The Labute approximate surface area is 331 Å². The van der Waals surface area contributed by atoms with E-state index in [1.54, 1.807) is 0 Å². The van der Waals surface area contributed by atoms with Gasteiger partial charge in [0.2, 0.25) is 0 Å². The number of rotatable bonds is 7. The Bertz CT molecular complexity index is 2660. The number of pyridine rings is 1. The fourth-order valence-corrected chi connectivity index (χ4v) is 8.17. The standard InChI is InChI=1S/C48H40N4O.Pt/c1-31-24-25-49-44(28-31)51-42-21-12-11-20-40(42)41-23-22-38(30-43(41)51)53-39-27-32(2)26-37(29-39)52-48(36-18-9-6-10-19-36)46(45-33(3)14-13-15-34(45)4)47(50-52)35-16-7-5-8-17-35;/h5-12,14,16-28,34,45H,13,15H2,1-4H3;/q-2;+2/t34-,45?;/m0./s1. The van der Waals surface area contributed by atoms with Crippen molar-refractivity contribution in [2.24, 2.45) is 5.92 Å². The van der Waals surface area contributed by atoms with Crippen LogP contribution in [0.2, 0.25) is 0 Å². The van der Waals surface area contributed by atoms with Crippen LogP contribution in [0.4, 0.5) is 0 Å². The SMILES string of the molecule is CC1=CCC[C@H](C)C1c1c(-c2ccccc2)nn(-c2[c-]c(Oc3[c-]c4c(cc3)c3ccccc3n4-c3cc(C)ccn3)cc(C)c2)c1-c1ccccc1.[Pt+2]. The van der Waals surface area contributed by atoms with E-state index in [2.05, 4.69) is 158 Å². The number of ether oxygens (including phenoxy) is 1. The zero-order valence-corrected chi connectivity index (χ0v) is 33.1. The van der Waals surface area contributed by atoms with Crippen molar-refractivity contribution in [2.45, 2.75) is 46.5 Å². The van der Waals surface area contributed by atoms with Crippen molar-refractivity contribution in [3.8, 4) is 45.5 Å². The van der Waals surface area contributed by atoms with Gasteiger partial charge in [-0.25, -0.2) is 4.98 Å². The molecule has 0 bridgehead atoms. The number of para-hydroxylation sites is 1. The minimum absolute atomic E-state index is 0. The number of benzene rings is 5. The molecule has 8 aromatic rings. The topological polar surface area (TPSA) is 44.9 Å². The number of hydrogen-bond donors (Lipinski definition) is 0.